The summed E-state index contributed by atoms with van der Waals surface area (Å²) in [6.45, 7) is 1.27. The van der Waals surface area contributed by atoms with Crippen molar-refractivity contribution >= 4 is 15.9 Å². The van der Waals surface area contributed by atoms with E-state index in [0.717, 1.165) is 6.04 Å². The maximum Gasteiger partial charge on any atom is 0.0540 e. The minimum absolute atomic E-state index is 0.463. The fraction of sp³-hybridized carbons (Fsp3) is 0.571. The minimum atomic E-state index is 0.463. The van der Waals surface area contributed by atoms with Gasteiger partial charge in [0.15, 0.2) is 0 Å². The number of hydrogen-bond donors (Lipinski definition) is 0. The highest BCUT2D eigenvalue weighted by Gasteiger charge is 2.24. The van der Waals surface area contributed by atoms with E-state index in [1.165, 1.54) is 13.0 Å². The molecule has 50 valence electrons. The third kappa shape index (κ3) is 0.816. The van der Waals surface area contributed by atoms with Crippen molar-refractivity contribution in [2.45, 2.75) is 12.5 Å². The Morgan fingerprint density at radius 1 is 1.67 bits per heavy atom. The molecule has 0 bridgehead atoms. The molecule has 1 unspecified atom stereocenters. The highest BCUT2D eigenvalue weighted by Crippen LogP contribution is 2.25. The van der Waals surface area contributed by atoms with E-state index in [4.69, 9.17) is 0 Å². The Bertz CT molecular complexity index is 183. The van der Waals surface area contributed by atoms with Gasteiger partial charge in [0.2, 0.25) is 0 Å². The van der Waals surface area contributed by atoms with E-state index in [9.17, 15) is 0 Å². The number of fused-ring (bicyclic) bond motifs is 1. The van der Waals surface area contributed by atoms with Crippen LogP contribution in [0, 0.1) is 0 Å². The molecule has 1 saturated heterocycles. The average molecular weight is 141 g/mol. The lowest BCUT2D eigenvalue weighted by molar-refractivity contribution is 0.219. The van der Waals surface area contributed by atoms with Crippen molar-refractivity contribution in [3.05, 3.63) is 11.6 Å². The first-order valence-electron chi connectivity index (χ1n) is 3.29. The van der Waals surface area contributed by atoms with Gasteiger partial charge in [-0.1, -0.05) is 0 Å². The maximum absolute atomic E-state index is 2.45. The van der Waals surface area contributed by atoms with Crippen LogP contribution in [0.2, 0.25) is 0 Å². The third-order valence-corrected chi connectivity index (χ3v) is 3.24. The zero-order chi connectivity index (χ0) is 6.27. The van der Waals surface area contributed by atoms with Gasteiger partial charge in [0.05, 0.1) is 6.04 Å². The molecule has 2 heteroatoms. The molecule has 0 amide bonds. The lowest BCUT2D eigenvalue weighted by Gasteiger charge is -2.40. The summed E-state index contributed by atoms with van der Waals surface area (Å²) < 4.78 is 0. The van der Waals surface area contributed by atoms with E-state index in [0.29, 0.717) is 10.5 Å². The molecule has 1 nitrogen and oxygen atoms in total. The van der Waals surface area contributed by atoms with E-state index in [1.54, 1.807) is 0 Å². The predicted octanol–water partition coefficient (Wildman–Crippen LogP) is 1.25. The fourth-order valence-electron chi connectivity index (χ4n) is 1.23. The molecule has 0 aromatic carbocycles. The van der Waals surface area contributed by atoms with Crippen LogP contribution in [-0.2, 0) is 0 Å². The van der Waals surface area contributed by atoms with Crippen LogP contribution in [0.3, 0.4) is 0 Å². The Hall–Kier alpha value is -0.240. The molecule has 9 heavy (non-hydrogen) atoms. The standard InChI is InChI=1S/C7H11NS/c1-9-5-4-8-3-2-7(8)6-9/h4-7H,2-3H2,1H3/t7-,9?/m1/s1. The Morgan fingerprint density at radius 3 is 3.00 bits per heavy atom. The summed E-state index contributed by atoms with van der Waals surface area (Å²) >= 11 is 0. The average Bonchev–Trinajstić information content (AvgIpc) is 1.78. The molecule has 0 spiro atoms. The van der Waals surface area contributed by atoms with Crippen molar-refractivity contribution in [2.75, 3.05) is 12.8 Å². The van der Waals surface area contributed by atoms with Gasteiger partial charge < -0.3 is 4.90 Å². The van der Waals surface area contributed by atoms with Crippen molar-refractivity contribution in [3.8, 4) is 0 Å². The highest BCUT2D eigenvalue weighted by atomic mass is 32.2. The first kappa shape index (κ1) is 5.54. The number of nitrogens with zero attached hydrogens (tertiary/aromatic N) is 1. The van der Waals surface area contributed by atoms with Crippen LogP contribution < -0.4 is 0 Å². The molecule has 0 aromatic rings. The molecule has 0 aliphatic carbocycles. The Balaban J connectivity index is 2.19. The molecule has 2 rings (SSSR count). The largest absolute Gasteiger partial charge is 0.370 e. The van der Waals surface area contributed by atoms with E-state index in [-0.39, 0.29) is 0 Å². The minimum Gasteiger partial charge on any atom is -0.370 e. The molecule has 0 saturated carbocycles. The second-order valence-corrected chi connectivity index (χ2v) is 4.38. The molecule has 0 aromatic heterocycles. The van der Waals surface area contributed by atoms with E-state index < -0.39 is 0 Å². The van der Waals surface area contributed by atoms with Gasteiger partial charge in [-0.2, -0.15) is 10.5 Å². The van der Waals surface area contributed by atoms with Gasteiger partial charge in [-0.3, -0.25) is 0 Å². The summed E-state index contributed by atoms with van der Waals surface area (Å²) in [5.41, 5.74) is 0. The van der Waals surface area contributed by atoms with Gasteiger partial charge in [0.25, 0.3) is 0 Å². The van der Waals surface area contributed by atoms with E-state index in [2.05, 4.69) is 28.1 Å². The van der Waals surface area contributed by atoms with Crippen LogP contribution in [0.15, 0.2) is 11.6 Å². The first-order valence-corrected chi connectivity index (χ1v) is 5.05. The quantitative estimate of drug-likeness (QED) is 0.459. The van der Waals surface area contributed by atoms with Gasteiger partial charge in [-0.15, -0.1) is 0 Å². The van der Waals surface area contributed by atoms with Crippen LogP contribution in [-0.4, -0.2) is 29.1 Å². The Labute approximate surface area is 58.3 Å². The van der Waals surface area contributed by atoms with Crippen LogP contribution in [0.1, 0.15) is 6.42 Å². The summed E-state index contributed by atoms with van der Waals surface area (Å²) in [6.07, 6.45) is 5.89. The smallest absolute Gasteiger partial charge is 0.0540 e. The van der Waals surface area contributed by atoms with Crippen molar-refractivity contribution in [1.82, 2.24) is 4.90 Å². The second kappa shape index (κ2) is 1.87. The Kier molecular flexibility index (Phi) is 1.15. The highest BCUT2D eigenvalue weighted by molar-refractivity contribution is 8.17. The van der Waals surface area contributed by atoms with Gasteiger partial charge in [-0.05, 0) is 23.5 Å². The molecule has 2 heterocycles. The summed E-state index contributed by atoms with van der Waals surface area (Å²) in [6, 6.07) is 0.795. The van der Waals surface area contributed by atoms with Gasteiger partial charge >= 0.3 is 0 Å². The Morgan fingerprint density at radius 2 is 2.56 bits per heavy atom. The van der Waals surface area contributed by atoms with Crippen molar-refractivity contribution in [2.24, 2.45) is 0 Å². The van der Waals surface area contributed by atoms with E-state index in [1.807, 2.05) is 0 Å². The second-order valence-electron chi connectivity index (χ2n) is 2.62. The molecule has 1 fully saturated rings. The topological polar surface area (TPSA) is 3.24 Å². The lowest BCUT2D eigenvalue weighted by Crippen LogP contribution is -2.45. The van der Waals surface area contributed by atoms with Gasteiger partial charge in [0, 0.05) is 12.7 Å². The molecular weight excluding hydrogens is 130 g/mol. The van der Waals surface area contributed by atoms with Crippen LogP contribution in [0.4, 0.5) is 0 Å². The molecule has 0 N–H and O–H groups in total. The SMILES string of the molecule is CS1=C[C@H]2CCN2C=C1. The number of hydrogen-bond acceptors (Lipinski definition) is 1. The molecule has 2 atom stereocenters. The monoisotopic (exact) mass is 141 g/mol. The summed E-state index contributed by atoms with van der Waals surface area (Å²) in [5, 5.41) is 4.74. The number of rotatable bonds is 0. The summed E-state index contributed by atoms with van der Waals surface area (Å²) in [5.74, 6) is 0. The molecule has 2 aliphatic rings. The predicted molar refractivity (Wildman–Crippen MR) is 43.8 cm³/mol. The summed E-state index contributed by atoms with van der Waals surface area (Å²) in [4.78, 5) is 2.40. The summed E-state index contributed by atoms with van der Waals surface area (Å²) in [7, 11) is 0.463. The molecule has 2 aliphatic heterocycles. The van der Waals surface area contributed by atoms with Crippen LogP contribution in [0.25, 0.3) is 0 Å². The van der Waals surface area contributed by atoms with Gasteiger partial charge in [-0.25, -0.2) is 0 Å². The fourth-order valence-corrected chi connectivity index (χ4v) is 2.45. The third-order valence-electron chi connectivity index (χ3n) is 1.95. The first-order chi connectivity index (χ1) is 4.36. The van der Waals surface area contributed by atoms with Crippen molar-refractivity contribution in [3.63, 3.8) is 0 Å². The lowest BCUT2D eigenvalue weighted by atomic mass is 10.1. The zero-order valence-corrected chi connectivity index (χ0v) is 6.40. The normalized spacial score (nSPS) is 39.0. The van der Waals surface area contributed by atoms with Crippen LogP contribution >= 0.6 is 10.5 Å². The van der Waals surface area contributed by atoms with Crippen molar-refractivity contribution in [1.29, 1.82) is 0 Å². The molecule has 0 radical (unpaired) electrons. The van der Waals surface area contributed by atoms with E-state index >= 15 is 0 Å². The van der Waals surface area contributed by atoms with Crippen molar-refractivity contribution < 1.29 is 0 Å². The molecular formula is C7H11NS. The van der Waals surface area contributed by atoms with Crippen LogP contribution in [0.5, 0.6) is 0 Å². The maximum atomic E-state index is 2.45. The zero-order valence-electron chi connectivity index (χ0n) is 5.58. The van der Waals surface area contributed by atoms with Gasteiger partial charge in [0.1, 0.15) is 0 Å².